The summed E-state index contributed by atoms with van der Waals surface area (Å²) in [6.45, 7) is -0.906. The molecule has 7 nitrogen and oxygen atoms in total. The van der Waals surface area contributed by atoms with Gasteiger partial charge in [-0.25, -0.2) is 0 Å². The summed E-state index contributed by atoms with van der Waals surface area (Å²) in [6, 6.07) is 0. The van der Waals surface area contributed by atoms with Crippen LogP contribution in [0.25, 0.3) is 0 Å². The maximum atomic E-state index is 11.3. The van der Waals surface area contributed by atoms with Crippen molar-refractivity contribution in [2.24, 2.45) is 0 Å². The minimum Gasteiger partial charge on any atom is -0.481 e. The highest BCUT2D eigenvalue weighted by molar-refractivity contribution is 5.69. The molecule has 0 bridgehead atoms. The second-order valence-corrected chi connectivity index (χ2v) is 5.02. The average Bonchev–Trinajstić information content (AvgIpc) is 2.46. The summed E-state index contributed by atoms with van der Waals surface area (Å²) in [5.74, 6) is -1.21. The third-order valence-electron chi connectivity index (χ3n) is 3.07. The minimum absolute atomic E-state index is 0.203. The number of ether oxygens (including phenoxy) is 1. The molecule has 21 heavy (non-hydrogen) atoms. The number of hydrogen-bond donors (Lipinski definition) is 4. The van der Waals surface area contributed by atoms with Crippen LogP contribution in [0.15, 0.2) is 0 Å². The Morgan fingerprint density at radius 1 is 0.857 bits per heavy atom. The van der Waals surface area contributed by atoms with Gasteiger partial charge in [-0.05, 0) is 12.8 Å². The largest absolute Gasteiger partial charge is 0.481 e. The molecule has 0 rings (SSSR count). The molecule has 0 saturated heterocycles. The lowest BCUT2D eigenvalue weighted by atomic mass is 10.1. The van der Waals surface area contributed by atoms with Gasteiger partial charge >= 0.3 is 11.9 Å². The average molecular weight is 306 g/mol. The molecule has 0 aromatic rings. The highest BCUT2D eigenvalue weighted by Crippen LogP contribution is 2.09. The fourth-order valence-electron chi connectivity index (χ4n) is 1.74. The summed E-state index contributed by atoms with van der Waals surface area (Å²) in [5.41, 5.74) is 0. The van der Waals surface area contributed by atoms with Gasteiger partial charge in [0.2, 0.25) is 0 Å². The number of aliphatic hydroxyl groups is 3. The van der Waals surface area contributed by atoms with Crippen LogP contribution < -0.4 is 0 Å². The number of hydrogen-bond acceptors (Lipinski definition) is 6. The van der Waals surface area contributed by atoms with Crippen LogP contribution in [-0.2, 0) is 14.3 Å². The zero-order chi connectivity index (χ0) is 16.1. The van der Waals surface area contributed by atoms with Crippen LogP contribution in [0, 0.1) is 0 Å². The van der Waals surface area contributed by atoms with E-state index in [9.17, 15) is 14.7 Å². The van der Waals surface area contributed by atoms with Gasteiger partial charge in [-0.3, -0.25) is 9.59 Å². The molecule has 124 valence electrons. The maximum Gasteiger partial charge on any atom is 0.305 e. The quantitative estimate of drug-likeness (QED) is 0.287. The van der Waals surface area contributed by atoms with Crippen LogP contribution in [0.5, 0.6) is 0 Å². The number of aliphatic carboxylic acids is 1. The van der Waals surface area contributed by atoms with Crippen LogP contribution in [0.4, 0.5) is 0 Å². The van der Waals surface area contributed by atoms with E-state index >= 15 is 0 Å². The van der Waals surface area contributed by atoms with Crippen LogP contribution in [-0.4, -0.2) is 57.8 Å². The Labute approximate surface area is 124 Å². The first-order valence-electron chi connectivity index (χ1n) is 7.31. The van der Waals surface area contributed by atoms with Gasteiger partial charge < -0.3 is 25.2 Å². The molecule has 2 atom stereocenters. The minimum atomic E-state index is -1.30. The van der Waals surface area contributed by atoms with Crippen molar-refractivity contribution in [2.75, 3.05) is 13.2 Å². The van der Waals surface area contributed by atoms with E-state index in [1.54, 1.807) is 0 Å². The van der Waals surface area contributed by atoms with Crippen molar-refractivity contribution in [3.05, 3.63) is 0 Å². The number of aliphatic hydroxyl groups excluding tert-OH is 3. The predicted molar refractivity (Wildman–Crippen MR) is 74.6 cm³/mol. The number of carbonyl (C=O) groups is 2. The number of rotatable bonds is 13. The van der Waals surface area contributed by atoms with Gasteiger partial charge in [-0.15, -0.1) is 0 Å². The monoisotopic (exact) mass is 306 g/mol. The molecule has 0 radical (unpaired) electrons. The number of esters is 1. The Morgan fingerprint density at radius 2 is 1.38 bits per heavy atom. The molecular formula is C14H26O7. The van der Waals surface area contributed by atoms with E-state index < -0.39 is 30.8 Å². The van der Waals surface area contributed by atoms with Crippen LogP contribution >= 0.6 is 0 Å². The van der Waals surface area contributed by atoms with Crippen LogP contribution in [0.2, 0.25) is 0 Å². The van der Waals surface area contributed by atoms with E-state index in [1.165, 1.54) is 0 Å². The first-order valence-corrected chi connectivity index (χ1v) is 7.31. The smallest absolute Gasteiger partial charge is 0.305 e. The Bertz CT molecular complexity index is 293. The van der Waals surface area contributed by atoms with Crippen molar-refractivity contribution < 1.29 is 34.8 Å². The Hall–Kier alpha value is -1.18. The predicted octanol–water partition coefficient (Wildman–Crippen LogP) is 0.449. The second kappa shape index (κ2) is 12.6. The zero-order valence-electron chi connectivity index (χ0n) is 12.2. The van der Waals surface area contributed by atoms with E-state index in [-0.39, 0.29) is 19.4 Å². The molecule has 0 amide bonds. The SMILES string of the molecule is O=C(O)CCCCCCCCC(=O)OCC(O)C(O)CO. The third kappa shape index (κ3) is 12.3. The van der Waals surface area contributed by atoms with Crippen molar-refractivity contribution >= 4 is 11.9 Å². The van der Waals surface area contributed by atoms with E-state index in [2.05, 4.69) is 0 Å². The molecule has 0 aliphatic rings. The van der Waals surface area contributed by atoms with Crippen molar-refractivity contribution in [2.45, 2.75) is 63.6 Å². The van der Waals surface area contributed by atoms with Crippen molar-refractivity contribution in [1.82, 2.24) is 0 Å². The van der Waals surface area contributed by atoms with Crippen LogP contribution in [0.1, 0.15) is 51.4 Å². The lowest BCUT2D eigenvalue weighted by Gasteiger charge is -2.15. The van der Waals surface area contributed by atoms with Gasteiger partial charge in [0.15, 0.2) is 0 Å². The molecule has 4 N–H and O–H groups in total. The molecule has 7 heteroatoms. The molecule has 2 unspecified atom stereocenters. The number of carbonyl (C=O) groups excluding carboxylic acids is 1. The topological polar surface area (TPSA) is 124 Å². The zero-order valence-corrected chi connectivity index (χ0v) is 12.2. The Morgan fingerprint density at radius 3 is 1.90 bits per heavy atom. The van der Waals surface area contributed by atoms with E-state index in [0.29, 0.717) is 12.8 Å². The van der Waals surface area contributed by atoms with Gasteiger partial charge in [0, 0.05) is 12.8 Å². The normalized spacial score (nSPS) is 13.7. The Kier molecular flexibility index (Phi) is 11.8. The molecule has 0 spiro atoms. The lowest BCUT2D eigenvalue weighted by Crippen LogP contribution is -2.34. The third-order valence-corrected chi connectivity index (χ3v) is 3.07. The summed E-state index contributed by atoms with van der Waals surface area (Å²) >= 11 is 0. The van der Waals surface area contributed by atoms with E-state index in [4.69, 9.17) is 20.1 Å². The fourth-order valence-corrected chi connectivity index (χ4v) is 1.74. The molecule has 0 aliphatic heterocycles. The molecular weight excluding hydrogens is 280 g/mol. The summed E-state index contributed by atoms with van der Waals surface area (Å²) in [7, 11) is 0. The standard InChI is InChI=1S/C14H26O7/c15-9-11(16)12(17)10-21-14(20)8-6-4-2-1-3-5-7-13(18)19/h11-12,15-17H,1-10H2,(H,18,19). The van der Waals surface area contributed by atoms with Crippen molar-refractivity contribution in [3.8, 4) is 0 Å². The molecule has 0 fully saturated rings. The summed E-state index contributed by atoms with van der Waals surface area (Å²) in [6.07, 6.45) is 2.87. The number of unbranched alkanes of at least 4 members (excludes halogenated alkanes) is 5. The molecule has 0 aliphatic carbocycles. The summed E-state index contributed by atoms with van der Waals surface area (Å²) < 4.78 is 4.77. The maximum absolute atomic E-state index is 11.3. The van der Waals surface area contributed by atoms with E-state index in [1.807, 2.05) is 0 Å². The first kappa shape index (κ1) is 19.8. The molecule has 0 aromatic heterocycles. The van der Waals surface area contributed by atoms with Gasteiger partial charge in [0.25, 0.3) is 0 Å². The number of carboxylic acid groups (broad SMARTS) is 1. The lowest BCUT2D eigenvalue weighted by molar-refractivity contribution is -0.149. The Balaban J connectivity index is 3.40. The summed E-state index contributed by atoms with van der Waals surface area (Å²) in [5, 5.41) is 35.4. The highest BCUT2D eigenvalue weighted by Gasteiger charge is 2.16. The molecule has 0 aromatic carbocycles. The van der Waals surface area contributed by atoms with E-state index in [0.717, 1.165) is 25.7 Å². The fraction of sp³-hybridized carbons (Fsp3) is 0.857. The first-order chi connectivity index (χ1) is 9.97. The van der Waals surface area contributed by atoms with Crippen molar-refractivity contribution in [3.63, 3.8) is 0 Å². The van der Waals surface area contributed by atoms with Crippen molar-refractivity contribution in [1.29, 1.82) is 0 Å². The van der Waals surface area contributed by atoms with Gasteiger partial charge in [0.1, 0.15) is 18.8 Å². The van der Waals surface area contributed by atoms with Gasteiger partial charge in [-0.1, -0.05) is 25.7 Å². The van der Waals surface area contributed by atoms with Gasteiger partial charge in [-0.2, -0.15) is 0 Å². The second-order valence-electron chi connectivity index (χ2n) is 5.02. The summed E-state index contributed by atoms with van der Waals surface area (Å²) in [4.78, 5) is 21.6. The highest BCUT2D eigenvalue weighted by atomic mass is 16.5. The van der Waals surface area contributed by atoms with Gasteiger partial charge in [0.05, 0.1) is 6.61 Å². The molecule has 0 saturated carbocycles. The molecule has 0 heterocycles. The number of carboxylic acids is 1. The van der Waals surface area contributed by atoms with Crippen LogP contribution in [0.3, 0.4) is 0 Å².